The maximum absolute atomic E-state index is 13.2. The summed E-state index contributed by atoms with van der Waals surface area (Å²) in [6, 6.07) is 6.77. The van der Waals surface area contributed by atoms with E-state index >= 15 is 0 Å². The minimum absolute atomic E-state index is 0. The molecule has 4 nitrogen and oxygen atoms in total. The van der Waals surface area contributed by atoms with Crippen molar-refractivity contribution in [2.45, 2.75) is 26.2 Å². The Morgan fingerprint density at radius 1 is 1.42 bits per heavy atom. The average molecular weight is 447 g/mol. The Labute approximate surface area is 160 Å². The number of guanidine groups is 1. The molecule has 0 saturated carbocycles. The molecular weight excluding hydrogens is 420 g/mol. The van der Waals surface area contributed by atoms with Gasteiger partial charge in [0.05, 0.1) is 6.61 Å². The van der Waals surface area contributed by atoms with Crippen LogP contribution < -0.4 is 5.32 Å². The lowest BCUT2D eigenvalue weighted by atomic mass is 9.87. The fourth-order valence-corrected chi connectivity index (χ4v) is 3.50. The van der Waals surface area contributed by atoms with E-state index < -0.39 is 0 Å². The van der Waals surface area contributed by atoms with Crippen molar-refractivity contribution in [2.75, 3.05) is 39.4 Å². The maximum atomic E-state index is 13.2. The molecule has 2 aliphatic heterocycles. The van der Waals surface area contributed by atoms with Crippen molar-refractivity contribution in [2.24, 2.45) is 10.4 Å². The van der Waals surface area contributed by atoms with Crippen molar-refractivity contribution in [3.05, 3.63) is 35.6 Å². The Hall–Kier alpha value is -0.890. The van der Waals surface area contributed by atoms with Crippen molar-refractivity contribution in [1.82, 2.24) is 10.2 Å². The second-order valence-electron chi connectivity index (χ2n) is 6.59. The number of hydrogen-bond acceptors (Lipinski definition) is 2. The lowest BCUT2D eigenvalue weighted by Crippen LogP contribution is -2.41. The van der Waals surface area contributed by atoms with Gasteiger partial charge < -0.3 is 15.0 Å². The van der Waals surface area contributed by atoms with Crippen LogP contribution in [0.15, 0.2) is 29.3 Å². The quantitative estimate of drug-likeness (QED) is 0.438. The van der Waals surface area contributed by atoms with Gasteiger partial charge in [-0.15, -0.1) is 24.0 Å². The molecule has 1 aromatic rings. The van der Waals surface area contributed by atoms with Gasteiger partial charge in [-0.25, -0.2) is 4.39 Å². The first-order valence-corrected chi connectivity index (χ1v) is 8.56. The third-order valence-corrected chi connectivity index (χ3v) is 4.81. The Bertz CT molecular complexity index is 561. The van der Waals surface area contributed by atoms with E-state index in [2.05, 4.69) is 17.1 Å². The average Bonchev–Trinajstić information content (AvgIpc) is 3.17. The van der Waals surface area contributed by atoms with Crippen molar-refractivity contribution in [1.29, 1.82) is 0 Å². The number of nitrogens with one attached hydrogen (secondary N) is 1. The van der Waals surface area contributed by atoms with Crippen LogP contribution in [0.5, 0.6) is 0 Å². The maximum Gasteiger partial charge on any atom is 0.193 e. The van der Waals surface area contributed by atoms with Crippen molar-refractivity contribution in [3.8, 4) is 0 Å². The van der Waals surface area contributed by atoms with E-state index in [-0.39, 0.29) is 29.8 Å². The van der Waals surface area contributed by atoms with E-state index in [1.807, 2.05) is 6.07 Å². The van der Waals surface area contributed by atoms with E-state index in [4.69, 9.17) is 9.73 Å². The van der Waals surface area contributed by atoms with Gasteiger partial charge in [-0.05, 0) is 43.9 Å². The number of nitrogens with zero attached hydrogens (tertiary/aromatic N) is 2. The van der Waals surface area contributed by atoms with E-state index in [0.29, 0.717) is 12.0 Å². The number of hydrogen-bond donors (Lipinski definition) is 1. The highest BCUT2D eigenvalue weighted by molar-refractivity contribution is 14.0. The van der Waals surface area contributed by atoms with Gasteiger partial charge in [-0.2, -0.15) is 0 Å². The highest BCUT2D eigenvalue weighted by Crippen LogP contribution is 2.38. The van der Waals surface area contributed by atoms with E-state index in [1.165, 1.54) is 12.5 Å². The molecule has 2 saturated heterocycles. The van der Waals surface area contributed by atoms with Crippen LogP contribution in [-0.4, -0.2) is 50.3 Å². The summed E-state index contributed by atoms with van der Waals surface area (Å²) in [4.78, 5) is 7.09. The van der Waals surface area contributed by atoms with Gasteiger partial charge >= 0.3 is 0 Å². The summed E-state index contributed by atoms with van der Waals surface area (Å²) in [6.45, 7) is 7.46. The molecule has 1 aromatic carbocycles. The number of benzene rings is 1. The Balaban J connectivity index is 0.00000208. The summed E-state index contributed by atoms with van der Waals surface area (Å²) in [6.07, 6.45) is 3.10. The molecule has 2 fully saturated rings. The van der Waals surface area contributed by atoms with Gasteiger partial charge in [-0.3, -0.25) is 4.99 Å². The van der Waals surface area contributed by atoms with Crippen LogP contribution in [0.3, 0.4) is 0 Å². The molecule has 2 aliphatic rings. The Kier molecular flexibility index (Phi) is 7.28. The first-order chi connectivity index (χ1) is 11.2. The predicted octanol–water partition coefficient (Wildman–Crippen LogP) is 3.06. The molecule has 1 unspecified atom stereocenters. The molecule has 24 heavy (non-hydrogen) atoms. The van der Waals surface area contributed by atoms with Crippen LogP contribution in [0.2, 0.25) is 0 Å². The van der Waals surface area contributed by atoms with Crippen LogP contribution >= 0.6 is 24.0 Å². The topological polar surface area (TPSA) is 36.9 Å². The minimum Gasteiger partial charge on any atom is -0.381 e. The molecule has 0 aliphatic carbocycles. The zero-order chi connectivity index (χ0) is 16.1. The zero-order valence-corrected chi connectivity index (χ0v) is 16.6. The fraction of sp³-hybridized carbons (Fsp3) is 0.611. The van der Waals surface area contributed by atoms with Crippen LogP contribution in [0.1, 0.15) is 25.3 Å². The van der Waals surface area contributed by atoms with Crippen molar-refractivity contribution in [3.63, 3.8) is 0 Å². The number of likely N-dealkylation sites (tertiary alicyclic amines) is 1. The summed E-state index contributed by atoms with van der Waals surface area (Å²) >= 11 is 0. The molecule has 1 N–H and O–H groups in total. The molecule has 6 heteroatoms. The van der Waals surface area contributed by atoms with E-state index in [9.17, 15) is 4.39 Å². The van der Waals surface area contributed by atoms with Gasteiger partial charge in [-0.1, -0.05) is 12.1 Å². The molecule has 2 heterocycles. The van der Waals surface area contributed by atoms with E-state index in [1.54, 1.807) is 12.1 Å². The summed E-state index contributed by atoms with van der Waals surface area (Å²) in [5, 5.41) is 3.39. The molecular formula is C18H27FIN3O. The van der Waals surface area contributed by atoms with Crippen LogP contribution in [0.4, 0.5) is 4.39 Å². The molecule has 0 bridgehead atoms. The standard InChI is InChI=1S/C18H26FN3O.HI/c1-2-20-17(21-9-6-15-4-3-5-16(19)12-15)22-10-7-18(13-22)8-11-23-14-18;/h3-5,12H,2,6-11,13-14H2,1H3,(H,20,21);1H. The molecule has 134 valence electrons. The van der Waals surface area contributed by atoms with Crippen LogP contribution in [-0.2, 0) is 11.2 Å². The van der Waals surface area contributed by atoms with Gasteiger partial charge in [0, 0.05) is 38.2 Å². The Morgan fingerprint density at radius 3 is 3.00 bits per heavy atom. The van der Waals surface area contributed by atoms with Crippen molar-refractivity contribution < 1.29 is 9.13 Å². The summed E-state index contributed by atoms with van der Waals surface area (Å²) in [5.74, 6) is 0.800. The van der Waals surface area contributed by atoms with Crippen LogP contribution in [0.25, 0.3) is 0 Å². The summed E-state index contributed by atoms with van der Waals surface area (Å²) in [5.41, 5.74) is 1.32. The molecule has 1 atom stereocenters. The number of halogens is 2. The monoisotopic (exact) mass is 447 g/mol. The SMILES string of the molecule is CCNC(=NCCc1cccc(F)c1)N1CCC2(CCOC2)C1.I. The number of aliphatic imine (C=N–C) groups is 1. The zero-order valence-electron chi connectivity index (χ0n) is 14.3. The third-order valence-electron chi connectivity index (χ3n) is 4.81. The smallest absolute Gasteiger partial charge is 0.193 e. The third kappa shape index (κ3) is 4.81. The van der Waals surface area contributed by atoms with Gasteiger partial charge in [0.2, 0.25) is 0 Å². The number of rotatable bonds is 4. The van der Waals surface area contributed by atoms with Crippen molar-refractivity contribution >= 4 is 29.9 Å². The minimum atomic E-state index is -0.180. The molecule has 0 radical (unpaired) electrons. The fourth-order valence-electron chi connectivity index (χ4n) is 3.50. The second-order valence-corrected chi connectivity index (χ2v) is 6.59. The Morgan fingerprint density at radius 2 is 2.29 bits per heavy atom. The van der Waals surface area contributed by atoms with Gasteiger partial charge in [0.15, 0.2) is 5.96 Å². The van der Waals surface area contributed by atoms with Gasteiger partial charge in [0.25, 0.3) is 0 Å². The van der Waals surface area contributed by atoms with Gasteiger partial charge in [0.1, 0.15) is 5.82 Å². The second kappa shape index (κ2) is 8.99. The molecule has 1 spiro atoms. The van der Waals surface area contributed by atoms with Crippen LogP contribution in [0, 0.1) is 11.2 Å². The van der Waals surface area contributed by atoms with E-state index in [0.717, 1.165) is 57.2 Å². The highest BCUT2D eigenvalue weighted by Gasteiger charge is 2.42. The molecule has 0 amide bonds. The first-order valence-electron chi connectivity index (χ1n) is 8.56. The normalized spacial score (nSPS) is 23.6. The summed E-state index contributed by atoms with van der Waals surface area (Å²) in [7, 11) is 0. The predicted molar refractivity (Wildman–Crippen MR) is 106 cm³/mol. The lowest BCUT2D eigenvalue weighted by molar-refractivity contribution is 0.156. The summed E-state index contributed by atoms with van der Waals surface area (Å²) < 4.78 is 18.8. The molecule has 3 rings (SSSR count). The molecule has 0 aromatic heterocycles. The largest absolute Gasteiger partial charge is 0.381 e. The lowest BCUT2D eigenvalue weighted by Gasteiger charge is -2.25. The highest BCUT2D eigenvalue weighted by atomic mass is 127. The number of ether oxygens (including phenoxy) is 1. The first kappa shape index (κ1) is 19.4.